The van der Waals surface area contributed by atoms with Crippen molar-refractivity contribution in [1.29, 1.82) is 0 Å². The van der Waals surface area contributed by atoms with Gasteiger partial charge in [-0.15, -0.1) is 0 Å². The van der Waals surface area contributed by atoms with E-state index in [1.165, 1.54) is 67.3 Å². The number of anilines is 6. The minimum absolute atomic E-state index is 0.303. The van der Waals surface area contributed by atoms with Gasteiger partial charge in [-0.05, 0) is 105 Å². The number of furan rings is 1. The first-order valence-electron chi connectivity index (χ1n) is 19.2. The molecule has 55 heavy (non-hydrogen) atoms. The molecule has 3 aliphatic rings. The Hall–Kier alpha value is -6.84. The summed E-state index contributed by atoms with van der Waals surface area (Å²) in [4.78, 5) is 4.94. The van der Waals surface area contributed by atoms with Crippen molar-refractivity contribution in [2.45, 2.75) is 24.7 Å². The van der Waals surface area contributed by atoms with Crippen LogP contribution in [0, 0.1) is 0 Å². The molecule has 2 aliphatic heterocycles. The fourth-order valence-corrected chi connectivity index (χ4v) is 10.5. The molecule has 3 nitrogen and oxygen atoms in total. The Morgan fingerprint density at radius 3 is 1.71 bits per heavy atom. The third-order valence-corrected chi connectivity index (χ3v) is 12.6. The molecule has 12 rings (SSSR count). The third-order valence-electron chi connectivity index (χ3n) is 12.6. The van der Waals surface area contributed by atoms with Crippen LogP contribution in [0.4, 0.5) is 34.1 Å². The summed E-state index contributed by atoms with van der Waals surface area (Å²) in [6, 6.07) is 67.0. The van der Waals surface area contributed by atoms with Gasteiger partial charge in [-0.2, -0.15) is 0 Å². The predicted octanol–water partition coefficient (Wildman–Crippen LogP) is 13.8. The van der Waals surface area contributed by atoms with E-state index in [9.17, 15) is 0 Å². The van der Waals surface area contributed by atoms with Crippen LogP contribution in [0.25, 0.3) is 33.1 Å². The first kappa shape index (κ1) is 30.6. The third kappa shape index (κ3) is 3.84. The lowest BCUT2D eigenvalue weighted by Crippen LogP contribution is -2.36. The van der Waals surface area contributed by atoms with Crippen LogP contribution in [-0.2, 0) is 10.8 Å². The molecule has 0 N–H and O–H groups in total. The lowest BCUT2D eigenvalue weighted by molar-refractivity contribution is 0.632. The summed E-state index contributed by atoms with van der Waals surface area (Å²) >= 11 is 0. The highest BCUT2D eigenvalue weighted by Gasteiger charge is 2.54. The van der Waals surface area contributed by atoms with Gasteiger partial charge in [0.15, 0.2) is 0 Å². The predicted molar refractivity (Wildman–Crippen MR) is 226 cm³/mol. The van der Waals surface area contributed by atoms with E-state index in [4.69, 9.17) is 4.42 Å². The summed E-state index contributed by atoms with van der Waals surface area (Å²) < 4.78 is 6.30. The topological polar surface area (TPSA) is 19.6 Å². The largest absolute Gasteiger partial charge is 0.456 e. The van der Waals surface area contributed by atoms with Gasteiger partial charge in [0.2, 0.25) is 0 Å². The molecule has 1 aromatic heterocycles. The molecule has 0 saturated heterocycles. The van der Waals surface area contributed by atoms with Crippen LogP contribution in [0.3, 0.4) is 0 Å². The summed E-state index contributed by atoms with van der Waals surface area (Å²) in [7, 11) is 0. The van der Waals surface area contributed by atoms with E-state index in [2.05, 4.69) is 200 Å². The normalized spacial score (nSPS) is 15.3. The molecule has 8 aromatic carbocycles. The fraction of sp³-hybridized carbons (Fsp3) is 0.0769. The maximum absolute atomic E-state index is 6.30. The molecule has 0 atom stereocenters. The molecule has 0 saturated carbocycles. The summed E-state index contributed by atoms with van der Waals surface area (Å²) in [5.74, 6) is 0. The number of nitrogens with zero attached hydrogens (tertiary/aromatic N) is 2. The number of fused-ring (bicyclic) bond motifs is 15. The lowest BCUT2D eigenvalue weighted by Gasteiger charge is -2.46. The SMILES string of the molecule is CC1(C)c2ccccc2N(c2ccc3oc4ccccc4c3c2)c2ccc3c(c21)-c1ccccc1C31c2ccccc2N(c2ccccc2)c2ccccc21. The average molecular weight is 705 g/mol. The second kappa shape index (κ2) is 10.9. The van der Waals surface area contributed by atoms with Crippen molar-refractivity contribution in [3.8, 4) is 11.1 Å². The number of hydrogen-bond acceptors (Lipinski definition) is 3. The Morgan fingerprint density at radius 2 is 0.964 bits per heavy atom. The van der Waals surface area contributed by atoms with Crippen molar-refractivity contribution in [2.24, 2.45) is 0 Å². The summed E-state index contributed by atoms with van der Waals surface area (Å²) in [6.07, 6.45) is 0. The van der Waals surface area contributed by atoms with E-state index in [0.717, 1.165) is 33.3 Å². The van der Waals surface area contributed by atoms with Crippen molar-refractivity contribution in [3.05, 3.63) is 215 Å². The highest BCUT2D eigenvalue weighted by molar-refractivity contribution is 6.07. The molecule has 0 fully saturated rings. The standard InChI is InChI=1S/C52H36N2O/c1-51(2)39-21-9-12-24-43(39)54(34-28-31-48-37(32-34)35-18-7-15-27-47(35)55-48)46-30-29-42-49(50(46)51)36-19-6-8-20-38(36)52(42)40-22-10-13-25-44(40)53(33-16-4-3-5-17-33)45-26-14-11-23-41(45)52/h3-32H,1-2H3. The zero-order valence-corrected chi connectivity index (χ0v) is 30.6. The van der Waals surface area contributed by atoms with Crippen LogP contribution in [0.1, 0.15) is 47.2 Å². The molecule has 260 valence electrons. The van der Waals surface area contributed by atoms with Gasteiger partial charge in [0.05, 0.1) is 28.2 Å². The van der Waals surface area contributed by atoms with Gasteiger partial charge in [-0.25, -0.2) is 0 Å². The number of hydrogen-bond donors (Lipinski definition) is 0. The van der Waals surface area contributed by atoms with E-state index in [-0.39, 0.29) is 5.41 Å². The molecule has 0 unspecified atom stereocenters. The second-order valence-corrected chi connectivity index (χ2v) is 15.6. The van der Waals surface area contributed by atoms with Gasteiger partial charge < -0.3 is 14.2 Å². The smallest absolute Gasteiger partial charge is 0.135 e. The fourth-order valence-electron chi connectivity index (χ4n) is 10.5. The molecule has 1 spiro atoms. The second-order valence-electron chi connectivity index (χ2n) is 15.6. The molecular weight excluding hydrogens is 669 g/mol. The van der Waals surface area contributed by atoms with Gasteiger partial charge >= 0.3 is 0 Å². The Kier molecular flexibility index (Phi) is 6.05. The van der Waals surface area contributed by atoms with Crippen LogP contribution >= 0.6 is 0 Å². The molecule has 0 amide bonds. The Morgan fingerprint density at radius 1 is 0.400 bits per heavy atom. The summed E-state index contributed by atoms with van der Waals surface area (Å²) in [5, 5.41) is 2.26. The van der Waals surface area contributed by atoms with E-state index >= 15 is 0 Å². The van der Waals surface area contributed by atoms with Gasteiger partial charge in [0.1, 0.15) is 11.2 Å². The van der Waals surface area contributed by atoms with Crippen LogP contribution in [-0.4, -0.2) is 0 Å². The van der Waals surface area contributed by atoms with Crippen LogP contribution in [0.5, 0.6) is 0 Å². The number of para-hydroxylation sites is 5. The minimum atomic E-state index is -0.522. The summed E-state index contributed by atoms with van der Waals surface area (Å²) in [6.45, 7) is 4.84. The zero-order valence-electron chi connectivity index (χ0n) is 30.6. The van der Waals surface area contributed by atoms with Crippen molar-refractivity contribution < 1.29 is 4.42 Å². The van der Waals surface area contributed by atoms with E-state index in [0.29, 0.717) is 0 Å². The van der Waals surface area contributed by atoms with Gasteiger partial charge in [-0.1, -0.05) is 135 Å². The monoisotopic (exact) mass is 704 g/mol. The van der Waals surface area contributed by atoms with Gasteiger partial charge in [0.25, 0.3) is 0 Å². The molecule has 0 radical (unpaired) electrons. The number of benzene rings is 8. The maximum Gasteiger partial charge on any atom is 0.135 e. The van der Waals surface area contributed by atoms with Crippen molar-refractivity contribution >= 4 is 56.1 Å². The molecule has 3 heteroatoms. The molecule has 0 bridgehead atoms. The van der Waals surface area contributed by atoms with Crippen LogP contribution in [0.15, 0.2) is 186 Å². The van der Waals surface area contributed by atoms with Crippen LogP contribution < -0.4 is 9.80 Å². The molecule has 3 heterocycles. The molecule has 9 aromatic rings. The first-order chi connectivity index (χ1) is 27.1. The Bertz CT molecular complexity index is 3000. The Labute approximate surface area is 320 Å². The molecular formula is C52H36N2O. The zero-order chi connectivity index (χ0) is 36.5. The Balaban J connectivity index is 1.18. The van der Waals surface area contributed by atoms with E-state index in [1.54, 1.807) is 0 Å². The lowest BCUT2D eigenvalue weighted by atomic mass is 9.63. The maximum atomic E-state index is 6.30. The highest BCUT2D eigenvalue weighted by atomic mass is 16.3. The van der Waals surface area contributed by atoms with E-state index in [1.807, 2.05) is 6.07 Å². The van der Waals surface area contributed by atoms with E-state index < -0.39 is 5.41 Å². The summed E-state index contributed by atoms with van der Waals surface area (Å²) in [5.41, 5.74) is 18.7. The van der Waals surface area contributed by atoms with Crippen molar-refractivity contribution in [1.82, 2.24) is 0 Å². The minimum Gasteiger partial charge on any atom is -0.456 e. The van der Waals surface area contributed by atoms with Crippen LogP contribution in [0.2, 0.25) is 0 Å². The molecule has 1 aliphatic carbocycles. The number of rotatable bonds is 2. The van der Waals surface area contributed by atoms with Gasteiger partial charge in [0, 0.05) is 27.6 Å². The first-order valence-corrected chi connectivity index (χ1v) is 19.2. The van der Waals surface area contributed by atoms with Crippen molar-refractivity contribution in [3.63, 3.8) is 0 Å². The average Bonchev–Trinajstić information content (AvgIpc) is 3.75. The highest BCUT2D eigenvalue weighted by Crippen LogP contribution is 2.67. The van der Waals surface area contributed by atoms with Gasteiger partial charge in [-0.3, -0.25) is 0 Å². The quantitative estimate of drug-likeness (QED) is 0.179. The van der Waals surface area contributed by atoms with Crippen molar-refractivity contribution in [2.75, 3.05) is 9.80 Å².